The highest BCUT2D eigenvalue weighted by Crippen LogP contribution is 2.36. The topological polar surface area (TPSA) is 39.6 Å². The number of aromatic amines is 1. The number of fused-ring (bicyclic) bond motifs is 1. The summed E-state index contributed by atoms with van der Waals surface area (Å²) >= 11 is 0. The Morgan fingerprint density at radius 2 is 1.24 bits per heavy atom. The zero-order chi connectivity index (χ0) is 17.1. The molecule has 0 unspecified atom stereocenters. The predicted octanol–water partition coefficient (Wildman–Crippen LogP) is 5.84. The van der Waals surface area contributed by atoms with E-state index in [4.69, 9.17) is 0 Å². The first-order chi connectivity index (χ1) is 12.4. The maximum Gasteiger partial charge on any atom is 0.0991 e. The quantitative estimate of drug-likeness (QED) is 0.633. The predicted molar refractivity (Wildman–Crippen MR) is 103 cm³/mol. The van der Waals surface area contributed by atoms with Crippen LogP contribution in [0.1, 0.15) is 11.1 Å². The molecule has 3 aromatic rings. The summed E-state index contributed by atoms with van der Waals surface area (Å²) in [6, 6.07) is 22.8. The highest BCUT2D eigenvalue weighted by molar-refractivity contribution is 5.89. The van der Waals surface area contributed by atoms with E-state index < -0.39 is 0 Å². The molecule has 2 nitrogen and oxygen atoms in total. The first-order valence-corrected chi connectivity index (χ1v) is 8.20. The van der Waals surface area contributed by atoms with E-state index in [0.717, 1.165) is 33.6 Å². The van der Waals surface area contributed by atoms with Crippen molar-refractivity contribution in [2.45, 2.75) is 0 Å². The number of H-pyrrole nitrogens is 1. The standard InChI is InChI=1S/C23H16N2/c24-16-17-8-7-13-20-21(15-14-17)23(19-11-5-2-6-12-19)25-22(20)18-9-3-1-4-10-18/h1-15,25H. The van der Waals surface area contributed by atoms with Crippen LogP contribution in [-0.4, -0.2) is 4.98 Å². The number of allylic oxidation sites excluding steroid dienone is 4. The number of rotatable bonds is 2. The van der Waals surface area contributed by atoms with E-state index in [1.165, 1.54) is 0 Å². The Morgan fingerprint density at radius 3 is 1.80 bits per heavy atom. The van der Waals surface area contributed by atoms with Crippen molar-refractivity contribution in [3.05, 3.63) is 95.6 Å². The zero-order valence-corrected chi connectivity index (χ0v) is 13.6. The zero-order valence-electron chi connectivity index (χ0n) is 13.6. The molecule has 0 aliphatic heterocycles. The van der Waals surface area contributed by atoms with Crippen LogP contribution in [0.2, 0.25) is 0 Å². The van der Waals surface area contributed by atoms with Crippen LogP contribution in [0.25, 0.3) is 34.7 Å². The Hall–Kier alpha value is -3.57. The summed E-state index contributed by atoms with van der Waals surface area (Å²) in [7, 11) is 0. The molecule has 1 heterocycles. The van der Waals surface area contributed by atoms with Crippen LogP contribution in [0, 0.1) is 11.3 Å². The molecule has 2 aromatic carbocycles. The summed E-state index contributed by atoms with van der Waals surface area (Å²) in [4.78, 5) is 3.60. The number of nitrogens with one attached hydrogen (secondary N) is 1. The third-order valence-corrected chi connectivity index (χ3v) is 4.30. The second-order valence-corrected chi connectivity index (χ2v) is 5.86. The number of aromatic nitrogens is 1. The second-order valence-electron chi connectivity index (χ2n) is 5.86. The van der Waals surface area contributed by atoms with E-state index in [1.807, 2.05) is 60.7 Å². The fourth-order valence-electron chi connectivity index (χ4n) is 3.09. The summed E-state index contributed by atoms with van der Waals surface area (Å²) in [6.07, 6.45) is 9.75. The number of nitriles is 1. The van der Waals surface area contributed by atoms with Gasteiger partial charge in [0.15, 0.2) is 0 Å². The molecule has 25 heavy (non-hydrogen) atoms. The van der Waals surface area contributed by atoms with Gasteiger partial charge in [-0.05, 0) is 23.3 Å². The second kappa shape index (κ2) is 6.51. The van der Waals surface area contributed by atoms with Crippen molar-refractivity contribution in [2.24, 2.45) is 0 Å². The van der Waals surface area contributed by atoms with Crippen LogP contribution in [0.3, 0.4) is 0 Å². The van der Waals surface area contributed by atoms with Crippen LogP contribution in [0.15, 0.2) is 84.5 Å². The van der Waals surface area contributed by atoms with E-state index >= 15 is 0 Å². The molecular formula is C23H16N2. The largest absolute Gasteiger partial charge is 0.354 e. The van der Waals surface area contributed by atoms with Gasteiger partial charge in [-0.25, -0.2) is 0 Å². The third kappa shape index (κ3) is 2.84. The minimum Gasteiger partial charge on any atom is -0.354 e. The maximum atomic E-state index is 9.21. The fourth-order valence-corrected chi connectivity index (χ4v) is 3.09. The Labute approximate surface area is 147 Å². The lowest BCUT2D eigenvalue weighted by molar-refractivity contribution is 1.39. The normalized spacial score (nSPS) is 12.7. The molecule has 4 rings (SSSR count). The number of hydrogen-bond acceptors (Lipinski definition) is 1. The van der Waals surface area contributed by atoms with Crippen LogP contribution < -0.4 is 0 Å². The van der Waals surface area contributed by atoms with Gasteiger partial charge in [-0.1, -0.05) is 78.9 Å². The van der Waals surface area contributed by atoms with E-state index in [2.05, 4.69) is 41.4 Å². The van der Waals surface area contributed by atoms with E-state index in [1.54, 1.807) is 0 Å². The molecule has 0 saturated heterocycles. The molecule has 1 aromatic heterocycles. The van der Waals surface area contributed by atoms with E-state index in [9.17, 15) is 5.26 Å². The lowest BCUT2D eigenvalue weighted by Gasteiger charge is -2.03. The molecule has 0 bridgehead atoms. The summed E-state index contributed by atoms with van der Waals surface area (Å²) in [5.41, 5.74) is 7.30. The van der Waals surface area contributed by atoms with Gasteiger partial charge in [-0.3, -0.25) is 0 Å². The minimum absolute atomic E-state index is 0.642. The SMILES string of the molecule is N#CC1=CC=Cc2c(-c3ccccc3)[nH]c(-c3ccccc3)c2C=C1. The highest BCUT2D eigenvalue weighted by atomic mass is 14.7. The van der Waals surface area contributed by atoms with Gasteiger partial charge in [-0.2, -0.15) is 5.26 Å². The number of nitrogens with zero attached hydrogens (tertiary/aromatic N) is 1. The van der Waals surface area contributed by atoms with Crippen molar-refractivity contribution in [1.29, 1.82) is 5.26 Å². The molecule has 0 radical (unpaired) electrons. The Morgan fingerprint density at radius 1 is 0.680 bits per heavy atom. The summed E-state index contributed by atoms with van der Waals surface area (Å²) in [6.45, 7) is 0. The lowest BCUT2D eigenvalue weighted by atomic mass is 9.98. The van der Waals surface area contributed by atoms with Crippen molar-refractivity contribution in [1.82, 2.24) is 4.98 Å². The monoisotopic (exact) mass is 320 g/mol. The van der Waals surface area contributed by atoms with Gasteiger partial charge in [0.25, 0.3) is 0 Å². The molecule has 0 saturated carbocycles. The summed E-state index contributed by atoms with van der Waals surface area (Å²) in [5, 5.41) is 9.21. The molecular weight excluding hydrogens is 304 g/mol. The van der Waals surface area contributed by atoms with Crippen molar-refractivity contribution in [3.63, 3.8) is 0 Å². The molecule has 2 heteroatoms. The highest BCUT2D eigenvalue weighted by Gasteiger charge is 2.16. The Balaban J connectivity index is 1.98. The molecule has 1 aliphatic rings. The molecule has 1 N–H and O–H groups in total. The average molecular weight is 320 g/mol. The van der Waals surface area contributed by atoms with Crippen LogP contribution >= 0.6 is 0 Å². The first-order valence-electron chi connectivity index (χ1n) is 8.20. The number of benzene rings is 2. The molecule has 1 aliphatic carbocycles. The van der Waals surface area contributed by atoms with Crippen molar-refractivity contribution in [3.8, 4) is 28.6 Å². The van der Waals surface area contributed by atoms with Crippen LogP contribution in [0.4, 0.5) is 0 Å². The van der Waals surface area contributed by atoms with Gasteiger partial charge in [0, 0.05) is 11.1 Å². The van der Waals surface area contributed by atoms with Gasteiger partial charge >= 0.3 is 0 Å². The van der Waals surface area contributed by atoms with E-state index in [0.29, 0.717) is 5.57 Å². The Bertz CT molecular complexity index is 1030. The summed E-state index contributed by atoms with van der Waals surface area (Å²) in [5.74, 6) is 0. The van der Waals surface area contributed by atoms with E-state index in [-0.39, 0.29) is 0 Å². The molecule has 0 amide bonds. The molecule has 0 fully saturated rings. The summed E-state index contributed by atoms with van der Waals surface area (Å²) < 4.78 is 0. The van der Waals surface area contributed by atoms with Gasteiger partial charge in [-0.15, -0.1) is 0 Å². The van der Waals surface area contributed by atoms with Crippen LogP contribution in [0.5, 0.6) is 0 Å². The minimum atomic E-state index is 0.642. The van der Waals surface area contributed by atoms with Crippen molar-refractivity contribution in [2.75, 3.05) is 0 Å². The van der Waals surface area contributed by atoms with Gasteiger partial charge < -0.3 is 4.98 Å². The number of hydrogen-bond donors (Lipinski definition) is 1. The average Bonchev–Trinajstić information content (AvgIpc) is 3.01. The molecule has 0 spiro atoms. The fraction of sp³-hybridized carbons (Fsp3) is 0. The third-order valence-electron chi connectivity index (χ3n) is 4.30. The van der Waals surface area contributed by atoms with Crippen molar-refractivity contribution < 1.29 is 0 Å². The van der Waals surface area contributed by atoms with Gasteiger partial charge in [0.2, 0.25) is 0 Å². The smallest absolute Gasteiger partial charge is 0.0991 e. The lowest BCUT2D eigenvalue weighted by Crippen LogP contribution is -1.84. The Kier molecular flexibility index (Phi) is 3.90. The van der Waals surface area contributed by atoms with Crippen molar-refractivity contribution >= 4 is 12.2 Å². The first kappa shape index (κ1) is 15.0. The molecule has 0 atom stereocenters. The van der Waals surface area contributed by atoms with Gasteiger partial charge in [0.1, 0.15) is 0 Å². The molecule has 118 valence electrons. The van der Waals surface area contributed by atoms with Crippen LogP contribution in [-0.2, 0) is 0 Å². The maximum absolute atomic E-state index is 9.21. The van der Waals surface area contributed by atoms with Gasteiger partial charge in [0.05, 0.1) is 23.0 Å².